The molecule has 1 N–H and O–H groups in total. The van der Waals surface area contributed by atoms with Crippen molar-refractivity contribution in [1.29, 1.82) is 0 Å². The van der Waals surface area contributed by atoms with Crippen molar-refractivity contribution in [1.82, 2.24) is 0 Å². The van der Waals surface area contributed by atoms with E-state index in [0.717, 1.165) is 6.07 Å². The summed E-state index contributed by atoms with van der Waals surface area (Å²) in [6.45, 7) is 2.56. The van der Waals surface area contributed by atoms with Crippen molar-refractivity contribution < 1.29 is 40.6 Å². The Bertz CT molecular complexity index is 535. The van der Waals surface area contributed by atoms with Crippen LogP contribution in [-0.4, -0.2) is 29.7 Å². The average Bonchev–Trinajstić information content (AvgIpc) is 2.42. The van der Waals surface area contributed by atoms with E-state index in [4.69, 9.17) is 4.74 Å². The second-order valence-corrected chi connectivity index (χ2v) is 5.59. The Kier molecular flexibility index (Phi) is 5.80. The highest BCUT2D eigenvalue weighted by atomic mass is 19.4. The third-order valence-corrected chi connectivity index (χ3v) is 3.42. The first-order valence-electron chi connectivity index (χ1n) is 7.03. The molecule has 0 bridgehead atoms. The first-order valence-corrected chi connectivity index (χ1v) is 7.03. The van der Waals surface area contributed by atoms with Gasteiger partial charge in [0.2, 0.25) is 0 Å². The number of hydrogen-bond acceptors (Lipinski definition) is 2. The number of benzene rings is 1. The number of hydrogen-bond donors (Lipinski definition) is 1. The van der Waals surface area contributed by atoms with E-state index in [2.05, 4.69) is 0 Å². The Morgan fingerprint density at radius 3 is 1.92 bits per heavy atom. The summed E-state index contributed by atoms with van der Waals surface area (Å²) in [5, 5.41) is 10.2. The zero-order valence-corrected chi connectivity index (χ0v) is 12.9. The molecule has 1 aromatic rings. The second-order valence-electron chi connectivity index (χ2n) is 5.59. The van der Waals surface area contributed by atoms with Crippen LogP contribution in [0.2, 0.25) is 0 Å². The number of alkyl halides is 7. The average molecular weight is 362 g/mol. The van der Waals surface area contributed by atoms with Crippen LogP contribution in [0.25, 0.3) is 0 Å². The molecule has 1 aromatic carbocycles. The Balaban J connectivity index is 3.30. The zero-order valence-electron chi connectivity index (χ0n) is 12.9. The summed E-state index contributed by atoms with van der Waals surface area (Å²) >= 11 is 0. The van der Waals surface area contributed by atoms with Crippen LogP contribution in [0, 0.1) is 0 Å². The number of ether oxygens (including phenoxy) is 1. The van der Waals surface area contributed by atoms with Crippen LogP contribution in [0.15, 0.2) is 24.3 Å². The molecule has 0 heterocycles. The van der Waals surface area contributed by atoms with Crippen LogP contribution < -0.4 is 4.74 Å². The molecule has 0 aliphatic rings. The molecule has 0 radical (unpaired) electrons. The Hall–Kier alpha value is -1.51. The van der Waals surface area contributed by atoms with Gasteiger partial charge in [-0.1, -0.05) is 25.1 Å². The molecule has 0 amide bonds. The molecule has 0 aliphatic heterocycles. The normalized spacial score (nSPS) is 15.9. The van der Waals surface area contributed by atoms with Crippen LogP contribution in [0.4, 0.5) is 30.7 Å². The van der Waals surface area contributed by atoms with Gasteiger partial charge in [-0.3, -0.25) is 0 Å². The fourth-order valence-corrected chi connectivity index (χ4v) is 2.18. The molecule has 138 valence electrons. The van der Waals surface area contributed by atoms with Crippen LogP contribution in [0.3, 0.4) is 0 Å². The Morgan fingerprint density at radius 1 is 0.958 bits per heavy atom. The van der Waals surface area contributed by atoms with Crippen molar-refractivity contribution in [3.63, 3.8) is 0 Å². The van der Waals surface area contributed by atoms with Gasteiger partial charge in [0.1, 0.15) is 5.75 Å². The van der Waals surface area contributed by atoms with E-state index >= 15 is 0 Å². The van der Waals surface area contributed by atoms with Gasteiger partial charge in [-0.05, 0) is 19.4 Å². The Labute approximate surface area is 134 Å². The largest absolute Gasteiger partial charge is 0.493 e. The molecule has 0 fully saturated rings. The molecular formula is C15H17F7O2. The van der Waals surface area contributed by atoms with Crippen molar-refractivity contribution >= 4 is 0 Å². The van der Waals surface area contributed by atoms with E-state index in [1.807, 2.05) is 0 Å². The first-order chi connectivity index (χ1) is 10.8. The van der Waals surface area contributed by atoms with Gasteiger partial charge in [0.15, 0.2) is 0 Å². The van der Waals surface area contributed by atoms with Crippen LogP contribution in [0.1, 0.15) is 32.3 Å². The number of aliphatic hydroxyl groups is 1. The topological polar surface area (TPSA) is 29.5 Å². The molecule has 0 spiro atoms. The highest BCUT2D eigenvalue weighted by Crippen LogP contribution is 2.52. The minimum Gasteiger partial charge on any atom is -0.493 e. The molecule has 1 rings (SSSR count). The van der Waals surface area contributed by atoms with E-state index in [-0.39, 0.29) is 17.9 Å². The summed E-state index contributed by atoms with van der Waals surface area (Å²) < 4.78 is 95.4. The van der Waals surface area contributed by atoms with E-state index in [1.165, 1.54) is 18.2 Å². The predicted octanol–water partition coefficient (Wildman–Crippen LogP) is 4.91. The second kappa shape index (κ2) is 6.78. The van der Waals surface area contributed by atoms with Gasteiger partial charge in [0.25, 0.3) is 0 Å². The van der Waals surface area contributed by atoms with Gasteiger partial charge in [-0.2, -0.15) is 26.3 Å². The smallest absolute Gasteiger partial charge is 0.431 e. The fraction of sp³-hybridized carbons (Fsp3) is 0.600. The number of para-hydroxylation sites is 1. The van der Waals surface area contributed by atoms with Crippen molar-refractivity contribution in [3.8, 4) is 5.75 Å². The molecule has 0 saturated heterocycles. The first kappa shape index (κ1) is 20.5. The van der Waals surface area contributed by atoms with Crippen LogP contribution in [-0.2, 0) is 5.60 Å². The van der Waals surface area contributed by atoms with Crippen molar-refractivity contribution in [2.45, 2.75) is 50.3 Å². The van der Waals surface area contributed by atoms with Gasteiger partial charge in [-0.25, -0.2) is 4.39 Å². The lowest BCUT2D eigenvalue weighted by molar-refractivity contribution is -0.352. The maximum absolute atomic E-state index is 13.9. The third kappa shape index (κ3) is 4.12. The molecule has 9 heteroatoms. The van der Waals surface area contributed by atoms with Crippen molar-refractivity contribution in [2.24, 2.45) is 0 Å². The lowest BCUT2D eigenvalue weighted by atomic mass is 9.83. The van der Waals surface area contributed by atoms with Crippen LogP contribution in [0.5, 0.6) is 5.75 Å². The van der Waals surface area contributed by atoms with E-state index in [1.54, 1.807) is 6.92 Å². The zero-order chi connectivity index (χ0) is 18.8. The minimum atomic E-state index is -6.23. The molecule has 1 atom stereocenters. The lowest BCUT2D eigenvalue weighted by Crippen LogP contribution is -2.56. The third-order valence-electron chi connectivity index (χ3n) is 3.42. The molecule has 0 aliphatic carbocycles. The standard InChI is InChI=1S/C15H17F7O2/c1-3-8-24-11-7-5-4-6-10(11)12(2,23)9-13(16,14(17,18)19)15(20,21)22/h4-7,23H,3,8-9H2,1-2H3. The quantitative estimate of drug-likeness (QED) is 0.729. The predicted molar refractivity (Wildman–Crippen MR) is 72.4 cm³/mol. The number of rotatable bonds is 6. The lowest BCUT2D eigenvalue weighted by Gasteiger charge is -2.36. The minimum absolute atomic E-state index is 0.101. The van der Waals surface area contributed by atoms with Gasteiger partial charge >= 0.3 is 18.0 Å². The summed E-state index contributed by atoms with van der Waals surface area (Å²) in [4.78, 5) is 0. The summed E-state index contributed by atoms with van der Waals surface area (Å²) in [6, 6.07) is 5.10. The summed E-state index contributed by atoms with van der Waals surface area (Å²) in [6.07, 6.45) is -14.2. The molecule has 0 saturated carbocycles. The van der Waals surface area contributed by atoms with Gasteiger partial charge in [0.05, 0.1) is 12.2 Å². The molecule has 2 nitrogen and oxygen atoms in total. The maximum Gasteiger partial charge on any atom is 0.431 e. The fourth-order valence-electron chi connectivity index (χ4n) is 2.18. The molecule has 0 aromatic heterocycles. The van der Waals surface area contributed by atoms with Gasteiger partial charge in [0, 0.05) is 12.0 Å². The number of halogens is 7. The summed E-state index contributed by atoms with van der Waals surface area (Å²) in [5.41, 5.74) is -8.67. The summed E-state index contributed by atoms with van der Waals surface area (Å²) in [5.74, 6) is -0.101. The van der Waals surface area contributed by atoms with Gasteiger partial charge < -0.3 is 9.84 Å². The van der Waals surface area contributed by atoms with E-state index in [9.17, 15) is 35.8 Å². The molecule has 1 unspecified atom stereocenters. The van der Waals surface area contributed by atoms with E-state index in [0.29, 0.717) is 13.3 Å². The highest BCUT2D eigenvalue weighted by Gasteiger charge is 2.73. The Morgan fingerprint density at radius 2 is 1.46 bits per heavy atom. The SMILES string of the molecule is CCCOc1ccccc1C(C)(O)CC(F)(C(F)(F)F)C(F)(F)F. The van der Waals surface area contributed by atoms with Crippen molar-refractivity contribution in [3.05, 3.63) is 29.8 Å². The summed E-state index contributed by atoms with van der Waals surface area (Å²) in [7, 11) is 0. The van der Waals surface area contributed by atoms with Crippen molar-refractivity contribution in [2.75, 3.05) is 6.61 Å². The highest BCUT2D eigenvalue weighted by molar-refractivity contribution is 5.38. The van der Waals surface area contributed by atoms with Gasteiger partial charge in [-0.15, -0.1) is 0 Å². The molecular weight excluding hydrogens is 345 g/mol. The van der Waals surface area contributed by atoms with Crippen LogP contribution >= 0.6 is 0 Å². The molecule has 24 heavy (non-hydrogen) atoms. The van der Waals surface area contributed by atoms with E-state index < -0.39 is 30.0 Å². The maximum atomic E-state index is 13.9. The monoisotopic (exact) mass is 362 g/mol.